The summed E-state index contributed by atoms with van der Waals surface area (Å²) in [5.41, 5.74) is 3.65. The van der Waals surface area contributed by atoms with Crippen molar-refractivity contribution < 1.29 is 9.59 Å². The molecule has 2 bridgehead atoms. The van der Waals surface area contributed by atoms with E-state index in [1.807, 2.05) is 30.6 Å². The Labute approximate surface area is 203 Å². The number of rotatable bonds is 6. The van der Waals surface area contributed by atoms with Crippen molar-refractivity contribution in [2.45, 2.75) is 57.3 Å². The molecule has 0 saturated carbocycles. The zero-order valence-electron chi connectivity index (χ0n) is 19.4. The molecule has 2 aliphatic heterocycles. The van der Waals surface area contributed by atoms with Gasteiger partial charge in [-0.15, -0.1) is 0 Å². The van der Waals surface area contributed by atoms with Gasteiger partial charge < -0.3 is 10.6 Å². The lowest BCUT2D eigenvalue weighted by molar-refractivity contribution is -0.191. The van der Waals surface area contributed by atoms with Crippen LogP contribution in [-0.2, 0) is 16.1 Å². The number of aromatic nitrogens is 4. The molecule has 5 rings (SSSR count). The predicted octanol–water partition coefficient (Wildman–Crippen LogP) is 3.21. The first-order chi connectivity index (χ1) is 17.1. The fourth-order valence-electron chi connectivity index (χ4n) is 4.88. The number of nitrogens with one attached hydrogen (secondary N) is 2. The molecule has 0 amide bonds. The van der Waals surface area contributed by atoms with Crippen LogP contribution in [0.1, 0.15) is 42.6 Å². The average Bonchev–Trinajstić information content (AvgIpc) is 3.09. The molecular formula is C25H26N8O2. The largest absolute Gasteiger partial charge is 0.382 e. The standard InChI is InChI=1S/C24H26N8.CO2/c1-16-12-28-23(31-24-14-27-19(11-25)13-29-24)10-22(16)30-18-8-20-5-6-21(9-18)32(20)15-17-4-2-3-7-26-17;2-1-3/h2-4,7,10,12-14,18,20-21H,5-6,8-9,15H2,1H3,(H2,28,29,30,31);. The van der Waals surface area contributed by atoms with Gasteiger partial charge in [0.25, 0.3) is 0 Å². The number of piperidine rings is 1. The summed E-state index contributed by atoms with van der Waals surface area (Å²) in [4.78, 5) is 36.2. The Kier molecular flexibility index (Phi) is 7.73. The summed E-state index contributed by atoms with van der Waals surface area (Å²) in [6.45, 7) is 3.02. The Morgan fingerprint density at radius 2 is 1.77 bits per heavy atom. The van der Waals surface area contributed by atoms with Gasteiger partial charge in [-0.05, 0) is 50.3 Å². The van der Waals surface area contributed by atoms with Gasteiger partial charge in [-0.1, -0.05) is 6.07 Å². The van der Waals surface area contributed by atoms with Crippen LogP contribution in [0.25, 0.3) is 0 Å². The first kappa shape index (κ1) is 24.0. The Hall–Kier alpha value is -4.19. The third-order valence-electron chi connectivity index (χ3n) is 6.44. The normalized spacial score (nSPS) is 20.6. The molecule has 2 saturated heterocycles. The smallest absolute Gasteiger partial charge is 0.373 e. The number of fused-ring (bicyclic) bond motifs is 2. The van der Waals surface area contributed by atoms with E-state index in [1.54, 1.807) is 6.20 Å². The van der Waals surface area contributed by atoms with Crippen LogP contribution < -0.4 is 10.6 Å². The van der Waals surface area contributed by atoms with E-state index in [-0.39, 0.29) is 6.15 Å². The summed E-state index contributed by atoms with van der Waals surface area (Å²) in [5, 5.41) is 15.8. The summed E-state index contributed by atoms with van der Waals surface area (Å²) in [6, 6.07) is 11.8. The number of hydrogen-bond donors (Lipinski definition) is 2. The van der Waals surface area contributed by atoms with Gasteiger partial charge in [0.05, 0.1) is 18.1 Å². The summed E-state index contributed by atoms with van der Waals surface area (Å²) in [6.07, 6.45) is 11.8. The number of carbonyl (C=O) groups excluding carboxylic acids is 2. The molecular weight excluding hydrogens is 444 g/mol. The highest BCUT2D eigenvalue weighted by Gasteiger charge is 2.40. The van der Waals surface area contributed by atoms with Crippen molar-refractivity contribution in [3.8, 4) is 6.07 Å². The van der Waals surface area contributed by atoms with Crippen molar-refractivity contribution in [1.29, 1.82) is 5.26 Å². The lowest BCUT2D eigenvalue weighted by Crippen LogP contribution is -2.46. The van der Waals surface area contributed by atoms with Crippen molar-refractivity contribution in [3.63, 3.8) is 0 Å². The van der Waals surface area contributed by atoms with Gasteiger partial charge in [0.15, 0.2) is 5.69 Å². The molecule has 10 heteroatoms. The quantitative estimate of drug-likeness (QED) is 0.552. The second kappa shape index (κ2) is 11.3. The Morgan fingerprint density at radius 1 is 1.03 bits per heavy atom. The summed E-state index contributed by atoms with van der Waals surface area (Å²) in [7, 11) is 0. The lowest BCUT2D eigenvalue weighted by Gasteiger charge is -2.39. The molecule has 2 unspecified atom stereocenters. The average molecular weight is 471 g/mol. The number of anilines is 3. The first-order valence-electron chi connectivity index (χ1n) is 11.5. The molecule has 5 heterocycles. The molecule has 2 fully saturated rings. The zero-order valence-corrected chi connectivity index (χ0v) is 19.4. The molecule has 3 aromatic rings. The van der Waals surface area contributed by atoms with Crippen molar-refractivity contribution in [3.05, 3.63) is 66.0 Å². The zero-order chi connectivity index (χ0) is 24.6. The van der Waals surface area contributed by atoms with Crippen molar-refractivity contribution in [2.75, 3.05) is 10.6 Å². The van der Waals surface area contributed by atoms with Crippen LogP contribution in [0.15, 0.2) is 49.1 Å². The maximum atomic E-state index is 8.87. The Balaban J connectivity index is 0.000000917. The maximum absolute atomic E-state index is 8.87. The number of nitrogens with zero attached hydrogens (tertiary/aromatic N) is 6. The lowest BCUT2D eigenvalue weighted by atomic mass is 9.96. The first-order valence-corrected chi connectivity index (χ1v) is 11.5. The van der Waals surface area contributed by atoms with E-state index in [2.05, 4.69) is 54.5 Å². The topological polar surface area (TPSA) is 137 Å². The Morgan fingerprint density at radius 3 is 2.40 bits per heavy atom. The summed E-state index contributed by atoms with van der Waals surface area (Å²) < 4.78 is 0. The summed E-state index contributed by atoms with van der Waals surface area (Å²) >= 11 is 0. The van der Waals surface area contributed by atoms with E-state index in [1.165, 1.54) is 19.0 Å². The molecule has 35 heavy (non-hydrogen) atoms. The summed E-state index contributed by atoms with van der Waals surface area (Å²) in [5.74, 6) is 1.26. The van der Waals surface area contributed by atoms with Crippen molar-refractivity contribution in [2.24, 2.45) is 0 Å². The molecule has 178 valence electrons. The SMILES string of the molecule is Cc1cnc(Nc2cnc(C#N)cn2)cc1NC1CC2CCC(C1)N2Cc1ccccn1.O=C=O. The third-order valence-corrected chi connectivity index (χ3v) is 6.44. The molecule has 0 spiro atoms. The van der Waals surface area contributed by atoms with E-state index in [0.29, 0.717) is 35.5 Å². The van der Waals surface area contributed by atoms with Crippen LogP contribution >= 0.6 is 0 Å². The van der Waals surface area contributed by atoms with Gasteiger partial charge in [-0.25, -0.2) is 15.0 Å². The van der Waals surface area contributed by atoms with Gasteiger partial charge >= 0.3 is 6.15 Å². The van der Waals surface area contributed by atoms with Crippen molar-refractivity contribution >= 4 is 23.5 Å². The van der Waals surface area contributed by atoms with E-state index in [0.717, 1.165) is 36.3 Å². The van der Waals surface area contributed by atoms with Gasteiger partial charge in [0.2, 0.25) is 0 Å². The van der Waals surface area contributed by atoms with Gasteiger partial charge in [0, 0.05) is 48.8 Å². The minimum absolute atomic E-state index is 0.250. The van der Waals surface area contributed by atoms with Gasteiger partial charge in [-0.3, -0.25) is 9.88 Å². The predicted molar refractivity (Wildman–Crippen MR) is 127 cm³/mol. The molecule has 2 aliphatic rings. The fraction of sp³-hybridized carbons (Fsp3) is 0.360. The minimum atomic E-state index is 0.250. The molecule has 10 nitrogen and oxygen atoms in total. The van der Waals surface area contributed by atoms with Crippen LogP contribution in [0.4, 0.5) is 17.3 Å². The fourth-order valence-corrected chi connectivity index (χ4v) is 4.88. The second-order valence-corrected chi connectivity index (χ2v) is 8.68. The van der Waals surface area contributed by atoms with Crippen molar-refractivity contribution in [1.82, 2.24) is 24.8 Å². The van der Waals surface area contributed by atoms with Gasteiger partial charge in [0.1, 0.15) is 17.7 Å². The minimum Gasteiger partial charge on any atom is -0.382 e. The van der Waals surface area contributed by atoms with Gasteiger partial charge in [-0.2, -0.15) is 14.9 Å². The number of nitriles is 1. The van der Waals surface area contributed by atoms with Crippen LogP contribution in [0.5, 0.6) is 0 Å². The van der Waals surface area contributed by atoms with Crippen LogP contribution in [-0.4, -0.2) is 49.1 Å². The Bertz CT molecular complexity index is 1190. The highest BCUT2D eigenvalue weighted by Crippen LogP contribution is 2.38. The van der Waals surface area contributed by atoms with E-state index < -0.39 is 0 Å². The molecule has 0 aromatic carbocycles. The van der Waals surface area contributed by atoms with E-state index >= 15 is 0 Å². The second-order valence-electron chi connectivity index (χ2n) is 8.68. The number of pyridine rings is 2. The maximum Gasteiger partial charge on any atom is 0.373 e. The molecule has 2 atom stereocenters. The highest BCUT2D eigenvalue weighted by atomic mass is 16.2. The molecule has 2 N–H and O–H groups in total. The third kappa shape index (κ3) is 6.03. The molecule has 0 aliphatic carbocycles. The van der Waals surface area contributed by atoms with E-state index in [9.17, 15) is 0 Å². The molecule has 3 aromatic heterocycles. The van der Waals surface area contributed by atoms with Crippen LogP contribution in [0.3, 0.4) is 0 Å². The highest BCUT2D eigenvalue weighted by molar-refractivity contribution is 5.61. The number of aryl methyl sites for hydroxylation is 1. The van der Waals surface area contributed by atoms with E-state index in [4.69, 9.17) is 14.9 Å². The van der Waals surface area contributed by atoms with Crippen LogP contribution in [0, 0.1) is 18.3 Å². The molecule has 0 radical (unpaired) electrons. The monoisotopic (exact) mass is 470 g/mol. The van der Waals surface area contributed by atoms with Crippen LogP contribution in [0.2, 0.25) is 0 Å². The number of hydrogen-bond acceptors (Lipinski definition) is 10.